The van der Waals surface area contributed by atoms with Crippen LogP contribution in [0.25, 0.3) is 10.2 Å². The Hall–Kier alpha value is -3.73. The summed E-state index contributed by atoms with van der Waals surface area (Å²) in [7, 11) is 0. The Labute approximate surface area is 197 Å². The molecule has 1 atom stereocenters. The first-order chi connectivity index (χ1) is 16.4. The van der Waals surface area contributed by atoms with Crippen LogP contribution >= 0.6 is 11.3 Å². The number of anilines is 1. The Bertz CT molecular complexity index is 1380. The van der Waals surface area contributed by atoms with Crippen LogP contribution in [0.15, 0.2) is 23.0 Å². The fourth-order valence-corrected chi connectivity index (χ4v) is 5.65. The molecule has 10 nitrogen and oxygen atoms in total. The minimum absolute atomic E-state index is 0.0275. The van der Waals surface area contributed by atoms with Gasteiger partial charge < -0.3 is 25.1 Å². The highest BCUT2D eigenvalue weighted by Crippen LogP contribution is 2.43. The molecule has 1 aliphatic carbocycles. The van der Waals surface area contributed by atoms with E-state index in [1.165, 1.54) is 11.3 Å². The van der Waals surface area contributed by atoms with Crippen molar-refractivity contribution in [3.8, 4) is 5.75 Å². The Morgan fingerprint density at radius 2 is 2.18 bits per heavy atom. The standard InChI is InChI=1S/C23H22N4O6S/c1-2-32-17(29)8-12-4-6-15-18(12)19-21(30)26-20(27-23(19)34-15)22(31)24-9-11-3-5-14-13(7-11)25-16(28)10-33-14/h3,5,7,12H,2,4,6,8-10H2,1H3,(H,24,31)(H,25,28)(H,26,27,30). The van der Waals surface area contributed by atoms with Gasteiger partial charge in [-0.3, -0.25) is 19.2 Å². The molecule has 3 aromatic rings. The third-order valence-electron chi connectivity index (χ3n) is 5.87. The average molecular weight is 483 g/mol. The van der Waals surface area contributed by atoms with Crippen LogP contribution in [0.3, 0.4) is 0 Å². The molecule has 0 saturated heterocycles. The second-order valence-corrected chi connectivity index (χ2v) is 9.21. The van der Waals surface area contributed by atoms with Crippen molar-refractivity contribution in [2.75, 3.05) is 18.5 Å². The number of carbonyl (C=O) groups excluding carboxylic acids is 3. The highest BCUT2D eigenvalue weighted by atomic mass is 32.1. The summed E-state index contributed by atoms with van der Waals surface area (Å²) in [6, 6.07) is 5.23. The minimum atomic E-state index is -0.520. The molecule has 0 bridgehead atoms. The van der Waals surface area contributed by atoms with E-state index in [4.69, 9.17) is 9.47 Å². The number of fused-ring (bicyclic) bond motifs is 4. The van der Waals surface area contributed by atoms with Crippen molar-refractivity contribution in [2.45, 2.75) is 38.6 Å². The zero-order valence-electron chi connectivity index (χ0n) is 18.4. The van der Waals surface area contributed by atoms with Crippen molar-refractivity contribution < 1.29 is 23.9 Å². The Balaban J connectivity index is 1.33. The topological polar surface area (TPSA) is 139 Å². The largest absolute Gasteiger partial charge is 0.482 e. The maximum atomic E-state index is 12.9. The zero-order valence-corrected chi connectivity index (χ0v) is 19.2. The van der Waals surface area contributed by atoms with Crippen LogP contribution in [-0.2, 0) is 27.3 Å². The van der Waals surface area contributed by atoms with Gasteiger partial charge in [-0.2, -0.15) is 0 Å². The Morgan fingerprint density at radius 3 is 3.00 bits per heavy atom. The van der Waals surface area contributed by atoms with E-state index in [1.54, 1.807) is 25.1 Å². The lowest BCUT2D eigenvalue weighted by atomic mass is 9.98. The van der Waals surface area contributed by atoms with E-state index >= 15 is 0 Å². The van der Waals surface area contributed by atoms with Crippen molar-refractivity contribution in [3.63, 3.8) is 0 Å². The summed E-state index contributed by atoms with van der Waals surface area (Å²) < 4.78 is 10.4. The van der Waals surface area contributed by atoms with E-state index in [0.29, 0.717) is 28.3 Å². The van der Waals surface area contributed by atoms with Crippen LogP contribution in [0.4, 0.5) is 5.69 Å². The number of carbonyl (C=O) groups is 3. The molecular weight excluding hydrogens is 460 g/mol. The van der Waals surface area contributed by atoms with Crippen LogP contribution in [0, 0.1) is 0 Å². The highest BCUT2D eigenvalue weighted by molar-refractivity contribution is 7.18. The molecular formula is C23H22N4O6S. The molecule has 0 saturated carbocycles. The van der Waals surface area contributed by atoms with E-state index in [2.05, 4.69) is 20.6 Å². The summed E-state index contributed by atoms with van der Waals surface area (Å²) in [5.74, 6) is -0.635. The van der Waals surface area contributed by atoms with Crippen LogP contribution in [0.5, 0.6) is 5.75 Å². The van der Waals surface area contributed by atoms with Gasteiger partial charge >= 0.3 is 5.97 Å². The summed E-state index contributed by atoms with van der Waals surface area (Å²) in [6.07, 6.45) is 1.77. The summed E-state index contributed by atoms with van der Waals surface area (Å²) in [6.45, 7) is 2.22. The van der Waals surface area contributed by atoms with Gasteiger partial charge in [0.05, 0.1) is 24.1 Å². The summed E-state index contributed by atoms with van der Waals surface area (Å²) in [5, 5.41) is 5.92. The third kappa shape index (κ3) is 4.14. The molecule has 3 heterocycles. The number of rotatable bonds is 6. The van der Waals surface area contributed by atoms with E-state index in [-0.39, 0.29) is 43.2 Å². The molecule has 2 amide bonds. The van der Waals surface area contributed by atoms with Crippen molar-refractivity contribution >= 4 is 45.0 Å². The van der Waals surface area contributed by atoms with Gasteiger partial charge in [-0.25, -0.2) is 4.98 Å². The van der Waals surface area contributed by atoms with Gasteiger partial charge in [0.25, 0.3) is 17.4 Å². The lowest BCUT2D eigenvalue weighted by Gasteiger charge is -2.18. The van der Waals surface area contributed by atoms with Gasteiger partial charge in [0.15, 0.2) is 6.61 Å². The molecule has 3 N–H and O–H groups in total. The normalized spacial score (nSPS) is 16.4. The van der Waals surface area contributed by atoms with Crippen LogP contribution in [0.2, 0.25) is 0 Å². The van der Waals surface area contributed by atoms with Gasteiger partial charge in [0.1, 0.15) is 10.6 Å². The molecule has 2 aromatic heterocycles. The van der Waals surface area contributed by atoms with Crippen molar-refractivity contribution in [2.24, 2.45) is 0 Å². The first kappa shape index (κ1) is 22.1. The minimum Gasteiger partial charge on any atom is -0.482 e. The number of thiophene rings is 1. The first-order valence-electron chi connectivity index (χ1n) is 11.0. The monoisotopic (exact) mass is 482 g/mol. The van der Waals surface area contributed by atoms with Gasteiger partial charge in [0, 0.05) is 11.4 Å². The quantitative estimate of drug-likeness (QED) is 0.458. The van der Waals surface area contributed by atoms with Crippen LogP contribution < -0.4 is 20.9 Å². The number of nitrogens with zero attached hydrogens (tertiary/aromatic N) is 1. The lowest BCUT2D eigenvalue weighted by molar-refractivity contribution is -0.143. The molecule has 2 aliphatic rings. The molecule has 1 aliphatic heterocycles. The maximum Gasteiger partial charge on any atom is 0.306 e. The van der Waals surface area contributed by atoms with Gasteiger partial charge in [-0.05, 0) is 48.9 Å². The molecule has 1 aromatic carbocycles. The third-order valence-corrected chi connectivity index (χ3v) is 7.03. The number of amides is 2. The fraction of sp³-hybridized carbons (Fsp3) is 0.348. The molecule has 176 valence electrons. The second kappa shape index (κ2) is 8.90. The second-order valence-electron chi connectivity index (χ2n) is 8.13. The number of aromatic amines is 1. The smallest absolute Gasteiger partial charge is 0.306 e. The van der Waals surface area contributed by atoms with E-state index < -0.39 is 11.5 Å². The molecule has 5 rings (SSSR count). The van der Waals surface area contributed by atoms with Crippen LogP contribution in [-0.4, -0.2) is 41.0 Å². The Morgan fingerprint density at radius 1 is 1.32 bits per heavy atom. The highest BCUT2D eigenvalue weighted by Gasteiger charge is 2.31. The van der Waals surface area contributed by atoms with Crippen molar-refractivity contribution in [1.29, 1.82) is 0 Å². The van der Waals surface area contributed by atoms with E-state index in [0.717, 1.165) is 28.8 Å². The number of aryl methyl sites for hydroxylation is 1. The summed E-state index contributed by atoms with van der Waals surface area (Å²) >= 11 is 1.39. The van der Waals surface area contributed by atoms with Crippen molar-refractivity contribution in [1.82, 2.24) is 15.3 Å². The molecule has 11 heteroatoms. The first-order valence-corrected chi connectivity index (χ1v) is 11.8. The number of hydrogen-bond acceptors (Lipinski definition) is 8. The number of hydrogen-bond donors (Lipinski definition) is 3. The SMILES string of the molecule is CCOC(=O)CC1CCc2sc3nc(C(=O)NCc4ccc5c(c4)NC(=O)CO5)[nH]c(=O)c3c21. The predicted octanol–water partition coefficient (Wildman–Crippen LogP) is 2.23. The summed E-state index contributed by atoms with van der Waals surface area (Å²) in [4.78, 5) is 57.6. The number of H-pyrrole nitrogens is 1. The fourth-order valence-electron chi connectivity index (χ4n) is 4.38. The zero-order chi connectivity index (χ0) is 23.8. The number of aromatic nitrogens is 2. The molecule has 1 unspecified atom stereocenters. The molecule has 34 heavy (non-hydrogen) atoms. The van der Waals surface area contributed by atoms with Gasteiger partial charge in [-0.1, -0.05) is 6.07 Å². The molecule has 0 fully saturated rings. The maximum absolute atomic E-state index is 12.9. The number of esters is 1. The van der Waals surface area contributed by atoms with Crippen molar-refractivity contribution in [3.05, 3.63) is 50.4 Å². The van der Waals surface area contributed by atoms with Gasteiger partial charge in [-0.15, -0.1) is 11.3 Å². The molecule has 0 spiro atoms. The number of benzene rings is 1. The van der Waals surface area contributed by atoms with E-state index in [1.807, 2.05) is 0 Å². The van der Waals surface area contributed by atoms with Crippen LogP contribution in [0.1, 0.15) is 52.3 Å². The summed E-state index contributed by atoms with van der Waals surface area (Å²) in [5.41, 5.74) is 1.75. The predicted molar refractivity (Wildman–Crippen MR) is 124 cm³/mol. The lowest BCUT2D eigenvalue weighted by Crippen LogP contribution is -2.28. The number of nitrogens with one attached hydrogen (secondary N) is 3. The Kier molecular flexibility index (Phi) is 5.78. The average Bonchev–Trinajstić information content (AvgIpc) is 3.36. The van der Waals surface area contributed by atoms with E-state index in [9.17, 15) is 19.2 Å². The molecule has 0 radical (unpaired) electrons. The number of ether oxygens (including phenoxy) is 2. The van der Waals surface area contributed by atoms with Gasteiger partial charge in [0.2, 0.25) is 5.82 Å².